The van der Waals surface area contributed by atoms with Gasteiger partial charge in [0, 0.05) is 0 Å². The van der Waals surface area contributed by atoms with Gasteiger partial charge in [-0.15, -0.1) is 0 Å². The second kappa shape index (κ2) is 15.2. The molecular formula is C31H46. The topological polar surface area (TPSA) is 0 Å². The molecule has 0 aliphatic rings. The highest BCUT2D eigenvalue weighted by Gasteiger charge is 2.02. The summed E-state index contributed by atoms with van der Waals surface area (Å²) in [6.45, 7) is 30.4. The van der Waals surface area contributed by atoms with Crippen molar-refractivity contribution in [2.24, 2.45) is 0 Å². The molecule has 2 aromatic carbocycles. The predicted octanol–water partition coefficient (Wildman–Crippen LogP) is 9.92. The van der Waals surface area contributed by atoms with E-state index in [2.05, 4.69) is 97.7 Å². The lowest BCUT2D eigenvalue weighted by Gasteiger charge is -2.09. The molecule has 0 atom stereocenters. The average Bonchev–Trinajstić information content (AvgIpc) is 2.65. The third-order valence-corrected chi connectivity index (χ3v) is 5.05. The van der Waals surface area contributed by atoms with Crippen molar-refractivity contribution in [2.45, 2.75) is 76.2 Å². The van der Waals surface area contributed by atoms with Gasteiger partial charge in [0.25, 0.3) is 0 Å². The Morgan fingerprint density at radius 2 is 1.39 bits per heavy atom. The molecule has 0 radical (unpaired) electrons. The molecule has 0 bridgehead atoms. The zero-order valence-electron chi connectivity index (χ0n) is 20.9. The summed E-state index contributed by atoms with van der Waals surface area (Å²) in [5.41, 5.74) is 12.7. The van der Waals surface area contributed by atoms with Gasteiger partial charge in [-0.05, 0) is 95.2 Å². The number of benzene rings is 2. The van der Waals surface area contributed by atoms with E-state index < -0.39 is 0 Å². The van der Waals surface area contributed by atoms with E-state index in [0.29, 0.717) is 0 Å². The van der Waals surface area contributed by atoms with E-state index in [9.17, 15) is 0 Å². The summed E-state index contributed by atoms with van der Waals surface area (Å²) in [7, 11) is 0. The summed E-state index contributed by atoms with van der Waals surface area (Å²) in [6.07, 6.45) is 3.18. The Labute approximate surface area is 194 Å². The van der Waals surface area contributed by atoms with Crippen molar-refractivity contribution in [3.63, 3.8) is 0 Å². The summed E-state index contributed by atoms with van der Waals surface area (Å²) < 4.78 is 0. The van der Waals surface area contributed by atoms with Crippen LogP contribution in [-0.4, -0.2) is 0 Å². The fourth-order valence-electron chi connectivity index (χ4n) is 2.98. The molecule has 2 rings (SSSR count). The molecule has 0 aromatic heterocycles. The molecule has 0 aliphatic heterocycles. The van der Waals surface area contributed by atoms with Crippen molar-refractivity contribution in [1.82, 2.24) is 0 Å². The summed E-state index contributed by atoms with van der Waals surface area (Å²) >= 11 is 0. The molecule has 0 unspecified atom stereocenters. The van der Waals surface area contributed by atoms with E-state index in [-0.39, 0.29) is 7.43 Å². The minimum atomic E-state index is 0. The van der Waals surface area contributed by atoms with Crippen LogP contribution in [0.15, 0.2) is 78.9 Å². The molecule has 0 fully saturated rings. The van der Waals surface area contributed by atoms with Gasteiger partial charge in [-0.3, -0.25) is 0 Å². The Balaban J connectivity index is 0. The minimum Gasteiger partial charge on any atom is -0.0961 e. The molecule has 0 amide bonds. The van der Waals surface area contributed by atoms with Crippen molar-refractivity contribution >= 4 is 5.57 Å². The highest BCUT2D eigenvalue weighted by atomic mass is 14.1. The molecule has 0 nitrogen and oxygen atoms in total. The summed E-state index contributed by atoms with van der Waals surface area (Å²) in [5, 5.41) is 0. The third-order valence-electron chi connectivity index (χ3n) is 5.05. The van der Waals surface area contributed by atoms with Gasteiger partial charge < -0.3 is 0 Å². The summed E-state index contributed by atoms with van der Waals surface area (Å²) in [4.78, 5) is 0. The van der Waals surface area contributed by atoms with Crippen LogP contribution < -0.4 is 0 Å². The lowest BCUT2D eigenvalue weighted by Crippen LogP contribution is -1.90. The van der Waals surface area contributed by atoms with E-state index in [1.165, 1.54) is 39.0 Å². The van der Waals surface area contributed by atoms with Gasteiger partial charge in [0.05, 0.1) is 0 Å². The third kappa shape index (κ3) is 12.0. The van der Waals surface area contributed by atoms with Gasteiger partial charge in [0.15, 0.2) is 0 Å². The maximum Gasteiger partial charge on any atom is -0.0199 e. The summed E-state index contributed by atoms with van der Waals surface area (Å²) in [5.74, 6) is 0. The molecule has 0 spiro atoms. The first-order valence-corrected chi connectivity index (χ1v) is 10.7. The van der Waals surface area contributed by atoms with Crippen molar-refractivity contribution in [2.75, 3.05) is 0 Å². The number of rotatable bonds is 4. The largest absolute Gasteiger partial charge is 0.0961 e. The van der Waals surface area contributed by atoms with Crippen LogP contribution >= 0.6 is 0 Å². The Bertz CT molecular complexity index is 904. The van der Waals surface area contributed by atoms with Gasteiger partial charge in [0.1, 0.15) is 0 Å². The molecule has 2 aromatic rings. The molecule has 0 heteroatoms. The predicted molar refractivity (Wildman–Crippen MR) is 146 cm³/mol. The first-order chi connectivity index (χ1) is 13.9. The molecule has 170 valence electrons. The normalized spacial score (nSPS) is 9.90. The lowest BCUT2D eigenvalue weighted by atomic mass is 9.96. The van der Waals surface area contributed by atoms with Gasteiger partial charge in [-0.25, -0.2) is 0 Å². The van der Waals surface area contributed by atoms with Crippen molar-refractivity contribution in [3.05, 3.63) is 112 Å². The Hall–Kier alpha value is -2.60. The fourth-order valence-corrected chi connectivity index (χ4v) is 2.98. The van der Waals surface area contributed by atoms with Crippen LogP contribution in [0.3, 0.4) is 0 Å². The summed E-state index contributed by atoms with van der Waals surface area (Å²) in [6, 6.07) is 12.9. The molecule has 0 heterocycles. The van der Waals surface area contributed by atoms with Crippen LogP contribution in [0, 0.1) is 27.7 Å². The van der Waals surface area contributed by atoms with Crippen LogP contribution in [0.5, 0.6) is 0 Å². The van der Waals surface area contributed by atoms with Crippen LogP contribution in [0.2, 0.25) is 0 Å². The van der Waals surface area contributed by atoms with Crippen LogP contribution in [0.1, 0.15) is 75.4 Å². The maximum absolute atomic E-state index is 3.97. The van der Waals surface area contributed by atoms with Gasteiger partial charge in [0.2, 0.25) is 0 Å². The first kappa shape index (κ1) is 30.6. The quantitative estimate of drug-likeness (QED) is 0.433. The zero-order chi connectivity index (χ0) is 23.4. The standard InChI is InChI=1S/C12H16.C9H12.C9H14.CH4/c1-8(2)12-7-9(3)6-10(4)11(12)5;1-3-9-7-5-4-6-8(9)2;1-7(2)6-9(5)8(3)4;/h6-7H,1H2,2-5H3;4-7H,3H2,1-2H3;6H,1,3H2,2,4-5H3;1H4/b;;9-6+;. The minimum absolute atomic E-state index is 0. The molecule has 0 saturated heterocycles. The first-order valence-electron chi connectivity index (χ1n) is 10.7. The van der Waals surface area contributed by atoms with Crippen LogP contribution in [0.25, 0.3) is 5.57 Å². The number of allylic oxidation sites excluding steroid dienone is 5. The molecule has 0 N–H and O–H groups in total. The fraction of sp³-hybridized carbons (Fsp3) is 0.355. The SMILES string of the molecule is C.C=C(C)/C=C(\C)C(=C)C.C=C(C)c1cc(C)cc(C)c1C.CCc1ccccc1C. The zero-order valence-corrected chi connectivity index (χ0v) is 20.9. The van der Waals surface area contributed by atoms with Crippen LogP contribution in [0.4, 0.5) is 0 Å². The van der Waals surface area contributed by atoms with Crippen LogP contribution in [-0.2, 0) is 6.42 Å². The lowest BCUT2D eigenvalue weighted by molar-refractivity contribution is 1.11. The number of hydrogen-bond donors (Lipinski definition) is 0. The van der Waals surface area contributed by atoms with Gasteiger partial charge in [-0.1, -0.05) is 98.8 Å². The molecule has 31 heavy (non-hydrogen) atoms. The van der Waals surface area contributed by atoms with E-state index in [1.807, 2.05) is 26.8 Å². The maximum atomic E-state index is 3.97. The average molecular weight is 419 g/mol. The van der Waals surface area contributed by atoms with Gasteiger partial charge in [-0.2, -0.15) is 0 Å². The number of aryl methyl sites for hydroxylation is 4. The van der Waals surface area contributed by atoms with Gasteiger partial charge >= 0.3 is 0 Å². The monoisotopic (exact) mass is 418 g/mol. The van der Waals surface area contributed by atoms with E-state index >= 15 is 0 Å². The van der Waals surface area contributed by atoms with Crippen molar-refractivity contribution in [3.8, 4) is 0 Å². The second-order valence-electron chi connectivity index (χ2n) is 8.27. The van der Waals surface area contributed by atoms with E-state index in [4.69, 9.17) is 0 Å². The Kier molecular flexibility index (Phi) is 15.0. The highest BCUT2D eigenvalue weighted by molar-refractivity contribution is 5.66. The highest BCUT2D eigenvalue weighted by Crippen LogP contribution is 2.21. The molecule has 0 aliphatic carbocycles. The Morgan fingerprint density at radius 1 is 0.839 bits per heavy atom. The second-order valence-corrected chi connectivity index (χ2v) is 8.27. The molecular weight excluding hydrogens is 372 g/mol. The van der Waals surface area contributed by atoms with E-state index in [0.717, 1.165) is 23.1 Å². The Morgan fingerprint density at radius 3 is 1.74 bits per heavy atom. The smallest absolute Gasteiger partial charge is 0.0199 e. The number of hydrogen-bond acceptors (Lipinski definition) is 0. The molecule has 0 saturated carbocycles. The van der Waals surface area contributed by atoms with Crippen molar-refractivity contribution in [1.29, 1.82) is 0 Å². The van der Waals surface area contributed by atoms with E-state index in [1.54, 1.807) is 0 Å². The van der Waals surface area contributed by atoms with Crippen molar-refractivity contribution < 1.29 is 0 Å².